The molecule has 1 atom stereocenters. The summed E-state index contributed by atoms with van der Waals surface area (Å²) in [4.78, 5) is 20.4. The SMILES string of the molecule is COc1ccc(CCN(Cc2ccc(F)cc2)Cc2nc(C(=O)NC(Cc3ccccc3)c3ccccc3)cs2)cc1OC. The second kappa shape index (κ2) is 15.3. The molecule has 0 bridgehead atoms. The predicted octanol–water partition coefficient (Wildman–Crippen LogP) is 7.26. The summed E-state index contributed by atoms with van der Waals surface area (Å²) in [7, 11) is 3.25. The Morgan fingerprint density at radius 2 is 1.52 bits per heavy atom. The summed E-state index contributed by atoms with van der Waals surface area (Å²) in [6.45, 7) is 1.89. The van der Waals surface area contributed by atoms with Gasteiger partial charge in [-0.3, -0.25) is 9.69 Å². The Morgan fingerprint density at radius 3 is 2.23 bits per heavy atom. The minimum Gasteiger partial charge on any atom is -0.493 e. The summed E-state index contributed by atoms with van der Waals surface area (Å²) >= 11 is 1.47. The molecule has 0 aliphatic carbocycles. The third-order valence-corrected chi connectivity index (χ3v) is 8.25. The first kappa shape index (κ1) is 30.9. The van der Waals surface area contributed by atoms with Crippen molar-refractivity contribution in [2.75, 3.05) is 20.8 Å². The van der Waals surface area contributed by atoms with Gasteiger partial charge in [-0.2, -0.15) is 0 Å². The van der Waals surface area contributed by atoms with E-state index in [1.54, 1.807) is 26.4 Å². The Bertz CT molecular complexity index is 1630. The van der Waals surface area contributed by atoms with Gasteiger partial charge in [0, 0.05) is 18.5 Å². The monoisotopic (exact) mass is 609 g/mol. The third kappa shape index (κ3) is 8.52. The molecule has 5 rings (SSSR count). The molecular weight excluding hydrogens is 573 g/mol. The van der Waals surface area contributed by atoms with E-state index in [2.05, 4.69) is 22.3 Å². The van der Waals surface area contributed by atoms with Gasteiger partial charge in [-0.05, 0) is 59.4 Å². The van der Waals surface area contributed by atoms with Crippen molar-refractivity contribution in [3.05, 3.63) is 147 Å². The average Bonchev–Trinajstić information content (AvgIpc) is 3.53. The minimum absolute atomic E-state index is 0.187. The number of carbonyl (C=O) groups excluding carboxylic acids is 1. The van der Waals surface area contributed by atoms with E-state index in [1.165, 1.54) is 23.5 Å². The number of nitrogens with one attached hydrogen (secondary N) is 1. The Balaban J connectivity index is 1.29. The lowest BCUT2D eigenvalue weighted by molar-refractivity contribution is 0.0931. The van der Waals surface area contributed by atoms with Crippen LogP contribution in [0.4, 0.5) is 4.39 Å². The van der Waals surface area contributed by atoms with Gasteiger partial charge in [0.15, 0.2) is 11.5 Å². The number of rotatable bonds is 14. The molecule has 5 aromatic rings. The summed E-state index contributed by atoms with van der Waals surface area (Å²) < 4.78 is 24.4. The summed E-state index contributed by atoms with van der Waals surface area (Å²) in [5.41, 5.74) is 4.70. The second-order valence-electron chi connectivity index (χ2n) is 10.5. The van der Waals surface area contributed by atoms with E-state index in [0.717, 1.165) is 40.2 Å². The fourth-order valence-electron chi connectivity index (χ4n) is 5.08. The number of nitrogens with zero attached hydrogens (tertiary/aromatic N) is 2. The van der Waals surface area contributed by atoms with Crippen molar-refractivity contribution in [2.45, 2.75) is 32.0 Å². The molecule has 0 saturated heterocycles. The van der Waals surface area contributed by atoms with Crippen LogP contribution in [0.3, 0.4) is 0 Å². The zero-order valence-corrected chi connectivity index (χ0v) is 25.7. The van der Waals surface area contributed by atoms with Crippen LogP contribution < -0.4 is 14.8 Å². The first-order chi connectivity index (χ1) is 21.5. The highest BCUT2D eigenvalue weighted by atomic mass is 32.1. The van der Waals surface area contributed by atoms with Crippen LogP contribution >= 0.6 is 11.3 Å². The Labute approximate surface area is 262 Å². The van der Waals surface area contributed by atoms with Crippen molar-refractivity contribution in [3.63, 3.8) is 0 Å². The first-order valence-corrected chi connectivity index (χ1v) is 15.4. The predicted molar refractivity (Wildman–Crippen MR) is 173 cm³/mol. The number of methoxy groups -OCH3 is 2. The molecule has 0 saturated carbocycles. The van der Waals surface area contributed by atoms with Crippen LogP contribution in [0.15, 0.2) is 109 Å². The number of aromatic nitrogens is 1. The quantitative estimate of drug-likeness (QED) is 0.144. The molecule has 1 amide bonds. The molecule has 1 aromatic heterocycles. The van der Waals surface area contributed by atoms with E-state index in [1.807, 2.05) is 72.1 Å². The van der Waals surface area contributed by atoms with Gasteiger partial charge in [0.1, 0.15) is 16.5 Å². The van der Waals surface area contributed by atoms with E-state index in [-0.39, 0.29) is 17.8 Å². The standard InChI is InChI=1S/C36H36FN3O3S/c1-42-33-18-15-27(22-34(33)43-2)19-20-40(23-28-13-16-30(37)17-14-28)24-35-38-32(25-44-35)36(41)39-31(29-11-7-4-8-12-29)21-26-9-5-3-6-10-26/h3-18,22,25,31H,19-21,23-24H2,1-2H3,(H,39,41). The van der Waals surface area contributed by atoms with Crippen molar-refractivity contribution in [3.8, 4) is 11.5 Å². The van der Waals surface area contributed by atoms with Crippen molar-refractivity contribution < 1.29 is 18.7 Å². The van der Waals surface area contributed by atoms with Gasteiger partial charge in [0.05, 0.1) is 26.8 Å². The Morgan fingerprint density at radius 1 is 0.841 bits per heavy atom. The van der Waals surface area contributed by atoms with Crippen LogP contribution in [0.1, 0.15) is 43.8 Å². The largest absolute Gasteiger partial charge is 0.493 e. The fourth-order valence-corrected chi connectivity index (χ4v) is 5.90. The van der Waals surface area contributed by atoms with Crippen molar-refractivity contribution in [1.82, 2.24) is 15.2 Å². The third-order valence-electron chi connectivity index (χ3n) is 7.42. The molecule has 1 unspecified atom stereocenters. The lowest BCUT2D eigenvalue weighted by Crippen LogP contribution is -2.30. The highest BCUT2D eigenvalue weighted by Gasteiger charge is 2.20. The van der Waals surface area contributed by atoms with Gasteiger partial charge in [-0.25, -0.2) is 9.37 Å². The number of halogens is 1. The molecule has 1 heterocycles. The number of benzene rings is 4. The van der Waals surface area contributed by atoms with Crippen molar-refractivity contribution in [1.29, 1.82) is 0 Å². The van der Waals surface area contributed by atoms with E-state index >= 15 is 0 Å². The maximum atomic E-state index is 13.6. The molecule has 0 radical (unpaired) electrons. The molecule has 0 spiro atoms. The van der Waals surface area contributed by atoms with Crippen LogP contribution in [0.2, 0.25) is 0 Å². The van der Waals surface area contributed by atoms with Gasteiger partial charge in [0.25, 0.3) is 5.91 Å². The molecule has 4 aromatic carbocycles. The van der Waals surface area contributed by atoms with Crippen LogP contribution in [0.25, 0.3) is 0 Å². The van der Waals surface area contributed by atoms with Gasteiger partial charge < -0.3 is 14.8 Å². The van der Waals surface area contributed by atoms with E-state index < -0.39 is 0 Å². The number of amides is 1. The van der Waals surface area contributed by atoms with E-state index in [0.29, 0.717) is 36.7 Å². The zero-order chi connectivity index (χ0) is 30.7. The number of ether oxygens (including phenoxy) is 2. The topological polar surface area (TPSA) is 63.7 Å². The fraction of sp³-hybridized carbons (Fsp3) is 0.222. The normalized spacial score (nSPS) is 11.7. The molecule has 0 aliphatic rings. The Hall–Kier alpha value is -4.53. The van der Waals surface area contributed by atoms with E-state index in [9.17, 15) is 9.18 Å². The zero-order valence-electron chi connectivity index (χ0n) is 24.9. The first-order valence-electron chi connectivity index (χ1n) is 14.5. The van der Waals surface area contributed by atoms with Crippen LogP contribution in [0, 0.1) is 5.82 Å². The second-order valence-corrected chi connectivity index (χ2v) is 11.5. The molecule has 44 heavy (non-hydrogen) atoms. The summed E-state index contributed by atoms with van der Waals surface area (Å²) in [5, 5.41) is 5.87. The van der Waals surface area contributed by atoms with Crippen molar-refractivity contribution >= 4 is 17.2 Å². The van der Waals surface area contributed by atoms with Crippen LogP contribution in [-0.4, -0.2) is 36.6 Å². The summed E-state index contributed by atoms with van der Waals surface area (Å²) in [6, 6.07) is 32.5. The maximum absolute atomic E-state index is 13.6. The van der Waals surface area contributed by atoms with Gasteiger partial charge >= 0.3 is 0 Å². The van der Waals surface area contributed by atoms with Crippen molar-refractivity contribution in [2.24, 2.45) is 0 Å². The van der Waals surface area contributed by atoms with Gasteiger partial charge in [0.2, 0.25) is 0 Å². The van der Waals surface area contributed by atoms with Crippen LogP contribution in [-0.2, 0) is 25.9 Å². The lowest BCUT2D eigenvalue weighted by atomic mass is 9.99. The molecule has 1 N–H and O–H groups in total. The Kier molecular flexibility index (Phi) is 10.7. The molecular formula is C36H36FN3O3S. The number of thiazole rings is 1. The smallest absolute Gasteiger partial charge is 0.271 e. The molecule has 226 valence electrons. The number of carbonyl (C=O) groups is 1. The molecule has 6 nitrogen and oxygen atoms in total. The molecule has 0 fully saturated rings. The average molecular weight is 610 g/mol. The van der Waals surface area contributed by atoms with E-state index in [4.69, 9.17) is 14.5 Å². The number of hydrogen-bond donors (Lipinski definition) is 1. The highest BCUT2D eigenvalue weighted by Crippen LogP contribution is 2.28. The van der Waals surface area contributed by atoms with Gasteiger partial charge in [-0.15, -0.1) is 11.3 Å². The maximum Gasteiger partial charge on any atom is 0.271 e. The molecule has 8 heteroatoms. The van der Waals surface area contributed by atoms with Crippen LogP contribution in [0.5, 0.6) is 11.5 Å². The minimum atomic E-state index is -0.262. The summed E-state index contributed by atoms with van der Waals surface area (Å²) in [5.74, 6) is 0.910. The lowest BCUT2D eigenvalue weighted by Gasteiger charge is -2.22. The molecule has 0 aliphatic heterocycles. The summed E-state index contributed by atoms with van der Waals surface area (Å²) in [6.07, 6.45) is 1.44. The highest BCUT2D eigenvalue weighted by molar-refractivity contribution is 7.09. The van der Waals surface area contributed by atoms with Gasteiger partial charge in [-0.1, -0.05) is 78.9 Å². The number of hydrogen-bond acceptors (Lipinski definition) is 6.